The molecule has 0 aliphatic rings. The van der Waals surface area contributed by atoms with Crippen LogP contribution in [-0.2, 0) is 33.6 Å². The lowest BCUT2D eigenvalue weighted by Gasteiger charge is -2.17. The monoisotopic (exact) mass is 332 g/mol. The summed E-state index contributed by atoms with van der Waals surface area (Å²) in [4.78, 5) is 23.5. The summed E-state index contributed by atoms with van der Waals surface area (Å²) in [6.45, 7) is 8.10. The third-order valence-electron chi connectivity index (χ3n) is 3.89. The van der Waals surface area contributed by atoms with Gasteiger partial charge < -0.3 is 4.74 Å². The van der Waals surface area contributed by atoms with Crippen molar-refractivity contribution in [3.05, 3.63) is 34.4 Å². The second kappa shape index (κ2) is 9.85. The average molecular weight is 332 g/mol. The number of likely N-dealkylation sites (N-methyl/N-ethyl adjacent to an activating group) is 1. The van der Waals surface area contributed by atoms with E-state index in [0.29, 0.717) is 12.8 Å². The first-order valence-corrected chi connectivity index (χ1v) is 8.48. The van der Waals surface area contributed by atoms with Crippen LogP contribution in [0.4, 0.5) is 0 Å². The zero-order chi connectivity index (χ0) is 18.1. The van der Waals surface area contributed by atoms with Gasteiger partial charge in [0.25, 0.3) is 0 Å². The number of hydrogen-bond acceptors (Lipinski definition) is 4. The van der Waals surface area contributed by atoms with Crippen LogP contribution in [0.5, 0.6) is 0 Å². The molecule has 0 radical (unpaired) electrons. The topological polar surface area (TPSA) is 59.0 Å². The fourth-order valence-electron chi connectivity index (χ4n) is 2.55. The van der Waals surface area contributed by atoms with E-state index in [0.717, 1.165) is 18.4 Å². The molecule has 0 aliphatic carbocycles. The minimum atomic E-state index is -0.282. The lowest BCUT2D eigenvalue weighted by molar-refractivity contribution is -0.141. The van der Waals surface area contributed by atoms with Crippen LogP contribution in [0.3, 0.4) is 0 Å². The fourth-order valence-corrected chi connectivity index (χ4v) is 2.55. The number of benzene rings is 1. The molecule has 0 bridgehead atoms. The predicted octanol–water partition coefficient (Wildman–Crippen LogP) is 3.06. The van der Waals surface area contributed by atoms with Crippen molar-refractivity contribution in [2.75, 3.05) is 13.7 Å². The Morgan fingerprint density at radius 1 is 1.17 bits per heavy atom. The molecule has 1 aromatic carbocycles. The number of ether oxygens (including phenoxy) is 1. The molecule has 0 unspecified atom stereocenters. The summed E-state index contributed by atoms with van der Waals surface area (Å²) < 4.78 is 4.90. The Morgan fingerprint density at radius 3 is 2.25 bits per heavy atom. The molecule has 0 aliphatic heterocycles. The molecule has 5 heteroatoms. The highest BCUT2D eigenvalue weighted by atomic mass is 16.5. The van der Waals surface area contributed by atoms with E-state index in [1.807, 2.05) is 0 Å². The van der Waals surface area contributed by atoms with Gasteiger partial charge in [0, 0.05) is 13.5 Å². The number of hydrazone groups is 1. The second-order valence-corrected chi connectivity index (χ2v) is 5.70. The summed E-state index contributed by atoms with van der Waals surface area (Å²) in [6.07, 6.45) is 3.89. The van der Waals surface area contributed by atoms with Crippen molar-refractivity contribution >= 4 is 18.1 Å². The van der Waals surface area contributed by atoms with Gasteiger partial charge in [-0.1, -0.05) is 38.5 Å². The molecule has 0 saturated heterocycles. The van der Waals surface area contributed by atoms with E-state index in [9.17, 15) is 9.59 Å². The van der Waals surface area contributed by atoms with E-state index in [4.69, 9.17) is 4.74 Å². The van der Waals surface area contributed by atoms with Crippen LogP contribution in [0.15, 0.2) is 17.2 Å². The Hall–Kier alpha value is -2.17. The van der Waals surface area contributed by atoms with Gasteiger partial charge in [0.05, 0.1) is 12.6 Å². The van der Waals surface area contributed by atoms with Gasteiger partial charge in [0.15, 0.2) is 0 Å². The van der Waals surface area contributed by atoms with Gasteiger partial charge in [-0.15, -0.1) is 0 Å². The van der Waals surface area contributed by atoms with Crippen molar-refractivity contribution in [1.82, 2.24) is 5.01 Å². The molecule has 0 heterocycles. The van der Waals surface area contributed by atoms with E-state index in [1.54, 1.807) is 14.0 Å². The summed E-state index contributed by atoms with van der Waals surface area (Å²) in [6, 6.07) is 4.30. The van der Waals surface area contributed by atoms with Gasteiger partial charge in [-0.25, -0.2) is 5.01 Å². The molecular weight excluding hydrogens is 304 g/mol. The largest absolute Gasteiger partial charge is 0.460 e. The molecule has 0 aromatic heterocycles. The predicted molar refractivity (Wildman–Crippen MR) is 96.2 cm³/mol. The fraction of sp³-hybridized carbons (Fsp3) is 0.526. The number of nitrogens with zero attached hydrogens (tertiary/aromatic N) is 2. The minimum absolute atomic E-state index is 0.0786. The SMILES string of the molecule is CCC(=O)OC/C=N/N(C)C(=O)Cc1c(CC)cc(C)cc1CC. The minimum Gasteiger partial charge on any atom is -0.460 e. The highest BCUT2D eigenvalue weighted by molar-refractivity contribution is 5.80. The molecule has 132 valence electrons. The summed E-state index contributed by atoms with van der Waals surface area (Å²) in [5, 5.41) is 5.34. The van der Waals surface area contributed by atoms with E-state index >= 15 is 0 Å². The number of hydrogen-bond donors (Lipinski definition) is 0. The van der Waals surface area contributed by atoms with E-state index < -0.39 is 0 Å². The third-order valence-corrected chi connectivity index (χ3v) is 3.89. The maximum absolute atomic E-state index is 12.4. The van der Waals surface area contributed by atoms with Crippen LogP contribution >= 0.6 is 0 Å². The molecule has 0 atom stereocenters. The lowest BCUT2D eigenvalue weighted by Crippen LogP contribution is -2.24. The molecule has 1 aromatic rings. The van der Waals surface area contributed by atoms with Crippen molar-refractivity contribution in [2.24, 2.45) is 5.10 Å². The number of carbonyl (C=O) groups excluding carboxylic acids is 2. The van der Waals surface area contributed by atoms with Gasteiger partial charge in [0.2, 0.25) is 5.91 Å². The maximum Gasteiger partial charge on any atom is 0.305 e. The van der Waals surface area contributed by atoms with Crippen molar-refractivity contribution < 1.29 is 14.3 Å². The molecule has 1 rings (SSSR count). The van der Waals surface area contributed by atoms with E-state index in [-0.39, 0.29) is 18.5 Å². The Bertz CT molecular complexity index is 584. The summed E-state index contributed by atoms with van der Waals surface area (Å²) in [5.74, 6) is -0.364. The molecule has 5 nitrogen and oxygen atoms in total. The van der Waals surface area contributed by atoms with Crippen LogP contribution < -0.4 is 0 Å². The van der Waals surface area contributed by atoms with Crippen LogP contribution in [0.1, 0.15) is 49.4 Å². The normalized spacial score (nSPS) is 10.9. The molecule has 1 amide bonds. The molecule has 0 N–H and O–H groups in total. The smallest absolute Gasteiger partial charge is 0.305 e. The number of aryl methyl sites for hydroxylation is 3. The van der Waals surface area contributed by atoms with Crippen molar-refractivity contribution in [1.29, 1.82) is 0 Å². The molecular formula is C19H28N2O3. The van der Waals surface area contributed by atoms with Gasteiger partial charge in [0.1, 0.15) is 6.61 Å². The quantitative estimate of drug-likeness (QED) is 0.418. The summed E-state index contributed by atoms with van der Waals surface area (Å²) in [7, 11) is 1.62. The van der Waals surface area contributed by atoms with Gasteiger partial charge in [-0.2, -0.15) is 5.10 Å². The maximum atomic E-state index is 12.4. The Kier molecular flexibility index (Phi) is 8.16. The standard InChI is InChI=1S/C19H28N2O3/c1-6-15-11-14(4)12-16(7-2)17(15)13-18(22)21(5)20-9-10-24-19(23)8-3/h9,11-12H,6-8,10,13H2,1-5H3/b20-9+. The van der Waals surface area contributed by atoms with Crippen LogP contribution in [0.2, 0.25) is 0 Å². The average Bonchev–Trinajstić information content (AvgIpc) is 2.58. The number of amides is 1. The molecule has 24 heavy (non-hydrogen) atoms. The van der Waals surface area contributed by atoms with E-state index in [2.05, 4.69) is 38.0 Å². The second-order valence-electron chi connectivity index (χ2n) is 5.70. The third kappa shape index (κ3) is 5.80. The van der Waals surface area contributed by atoms with Crippen LogP contribution in [-0.4, -0.2) is 36.8 Å². The molecule has 0 saturated carbocycles. The van der Waals surface area contributed by atoms with Crippen LogP contribution in [0.25, 0.3) is 0 Å². The van der Waals surface area contributed by atoms with Crippen molar-refractivity contribution in [2.45, 2.75) is 53.4 Å². The first kappa shape index (κ1) is 19.9. The van der Waals surface area contributed by atoms with E-state index in [1.165, 1.54) is 27.9 Å². The van der Waals surface area contributed by atoms with Crippen LogP contribution in [0, 0.1) is 6.92 Å². The Morgan fingerprint density at radius 2 is 1.75 bits per heavy atom. The highest BCUT2D eigenvalue weighted by Gasteiger charge is 2.14. The zero-order valence-electron chi connectivity index (χ0n) is 15.4. The number of esters is 1. The van der Waals surface area contributed by atoms with Gasteiger partial charge in [-0.05, 0) is 36.5 Å². The number of carbonyl (C=O) groups is 2. The molecule has 0 fully saturated rings. The summed E-state index contributed by atoms with van der Waals surface area (Å²) >= 11 is 0. The van der Waals surface area contributed by atoms with Gasteiger partial charge in [-0.3, -0.25) is 9.59 Å². The van der Waals surface area contributed by atoms with Gasteiger partial charge >= 0.3 is 5.97 Å². The molecule has 0 spiro atoms. The number of rotatable bonds is 8. The van der Waals surface area contributed by atoms with Crippen molar-refractivity contribution in [3.63, 3.8) is 0 Å². The van der Waals surface area contributed by atoms with Crippen molar-refractivity contribution in [3.8, 4) is 0 Å². The Balaban J connectivity index is 2.76. The Labute approximate surface area is 144 Å². The highest BCUT2D eigenvalue weighted by Crippen LogP contribution is 2.20. The summed E-state index contributed by atoms with van der Waals surface area (Å²) in [5.41, 5.74) is 4.77. The lowest BCUT2D eigenvalue weighted by atomic mass is 9.92. The first-order valence-electron chi connectivity index (χ1n) is 8.48. The first-order chi connectivity index (χ1) is 11.4. The zero-order valence-corrected chi connectivity index (χ0v) is 15.4.